The highest BCUT2D eigenvalue weighted by Gasteiger charge is 2.42. The van der Waals surface area contributed by atoms with Crippen molar-refractivity contribution in [1.82, 2.24) is 0 Å². The lowest BCUT2D eigenvalue weighted by Gasteiger charge is -2.17. The zero-order chi connectivity index (χ0) is 27.2. The summed E-state index contributed by atoms with van der Waals surface area (Å²) < 4.78 is 23.0. The van der Waals surface area contributed by atoms with Crippen LogP contribution in [0.5, 0.6) is 0 Å². The molecule has 0 radical (unpaired) electrons. The summed E-state index contributed by atoms with van der Waals surface area (Å²) in [5.41, 5.74) is 5.04. The molecule has 6 heteroatoms. The van der Waals surface area contributed by atoms with E-state index in [1.54, 1.807) is 38.1 Å². The number of hydrogen-bond donors (Lipinski definition) is 0. The number of hydrogen-bond acceptors (Lipinski definition) is 6. The number of benzene rings is 4. The third-order valence-electron chi connectivity index (χ3n) is 6.50. The normalized spacial score (nSPS) is 17.9. The molecular formula is C33H30O6. The van der Waals surface area contributed by atoms with E-state index in [0.717, 1.165) is 22.3 Å². The Hall–Kier alpha value is -4.26. The zero-order valence-corrected chi connectivity index (χ0v) is 21.9. The monoisotopic (exact) mass is 522 g/mol. The first kappa shape index (κ1) is 26.4. The van der Waals surface area contributed by atoms with Gasteiger partial charge in [-0.15, -0.1) is 0 Å². The van der Waals surface area contributed by atoms with Crippen LogP contribution in [0.1, 0.15) is 34.6 Å². The van der Waals surface area contributed by atoms with Crippen molar-refractivity contribution in [3.05, 3.63) is 120 Å². The first-order valence-electron chi connectivity index (χ1n) is 12.9. The highest BCUT2D eigenvalue weighted by atomic mass is 16.8. The van der Waals surface area contributed by atoms with Gasteiger partial charge < -0.3 is 18.9 Å². The Morgan fingerprint density at radius 1 is 0.564 bits per heavy atom. The van der Waals surface area contributed by atoms with Gasteiger partial charge in [0.25, 0.3) is 0 Å². The quantitative estimate of drug-likeness (QED) is 0.244. The lowest BCUT2D eigenvalue weighted by Crippen LogP contribution is -2.33. The minimum atomic E-state index is -0.900. The van der Waals surface area contributed by atoms with Crippen LogP contribution in [0.2, 0.25) is 0 Å². The van der Waals surface area contributed by atoms with Crippen molar-refractivity contribution in [2.45, 2.75) is 31.8 Å². The molecule has 39 heavy (non-hydrogen) atoms. The van der Waals surface area contributed by atoms with Crippen LogP contribution in [0.25, 0.3) is 22.3 Å². The highest BCUT2D eigenvalue weighted by molar-refractivity contribution is 5.90. The van der Waals surface area contributed by atoms with Gasteiger partial charge in [-0.25, -0.2) is 9.59 Å². The summed E-state index contributed by atoms with van der Waals surface area (Å²) in [6.07, 6.45) is -1.17. The largest absolute Gasteiger partial charge is 0.459 e. The maximum atomic E-state index is 12.7. The summed E-state index contributed by atoms with van der Waals surface area (Å²) >= 11 is 0. The topological polar surface area (TPSA) is 71.1 Å². The van der Waals surface area contributed by atoms with Crippen molar-refractivity contribution in [3.63, 3.8) is 0 Å². The van der Waals surface area contributed by atoms with Crippen molar-refractivity contribution < 1.29 is 28.5 Å². The van der Waals surface area contributed by atoms with Crippen molar-refractivity contribution >= 4 is 11.9 Å². The van der Waals surface area contributed by atoms with Crippen molar-refractivity contribution in [2.75, 3.05) is 13.2 Å². The minimum Gasteiger partial charge on any atom is -0.459 e. The molecule has 1 saturated heterocycles. The number of ether oxygens (including phenoxy) is 4. The van der Waals surface area contributed by atoms with Crippen LogP contribution in [0, 0.1) is 0 Å². The third kappa shape index (κ3) is 6.60. The van der Waals surface area contributed by atoms with Gasteiger partial charge in [0, 0.05) is 0 Å². The van der Waals surface area contributed by atoms with Crippen LogP contribution < -0.4 is 0 Å². The molecule has 0 aliphatic carbocycles. The molecule has 0 N–H and O–H groups in total. The summed E-state index contributed by atoms with van der Waals surface area (Å²) in [5.74, 6) is -1.82. The van der Waals surface area contributed by atoms with E-state index in [4.69, 9.17) is 18.9 Å². The van der Waals surface area contributed by atoms with Crippen LogP contribution in [0.4, 0.5) is 0 Å². The number of carbonyl (C=O) groups excluding carboxylic acids is 2. The SMILES string of the molecule is CC1(C)O[C@H](COC(=O)c2ccc(-c3ccccc3)cc2)[C@@H](COC(=O)c2ccc(-c3ccccc3)cc2)O1. The summed E-state index contributed by atoms with van der Waals surface area (Å²) in [6.45, 7) is 3.48. The second kappa shape index (κ2) is 11.6. The second-order valence-corrected chi connectivity index (χ2v) is 9.80. The predicted octanol–water partition coefficient (Wildman–Crippen LogP) is 6.55. The van der Waals surface area contributed by atoms with E-state index in [9.17, 15) is 9.59 Å². The molecule has 1 heterocycles. The fraction of sp³-hybridized carbons (Fsp3) is 0.212. The maximum Gasteiger partial charge on any atom is 0.338 e. The first-order chi connectivity index (χ1) is 18.9. The molecule has 0 saturated carbocycles. The number of rotatable bonds is 8. The number of esters is 2. The Kier molecular flexibility index (Phi) is 7.87. The average molecular weight is 523 g/mol. The van der Waals surface area contributed by atoms with Gasteiger partial charge in [0.1, 0.15) is 25.4 Å². The van der Waals surface area contributed by atoms with Crippen molar-refractivity contribution in [2.24, 2.45) is 0 Å². The standard InChI is InChI=1S/C33H30O6/c1-33(2)38-29(21-36-31(34)27-17-13-25(14-18-27)23-9-5-3-6-10-23)30(39-33)22-37-32(35)28-19-15-26(16-20-28)24-11-7-4-8-12-24/h3-20,29-30H,21-22H2,1-2H3/t29-,30-/m1/s1. The van der Waals surface area contributed by atoms with Gasteiger partial charge in [0.05, 0.1) is 11.1 Å². The Labute approximate surface area is 228 Å². The number of carbonyl (C=O) groups is 2. The molecular weight excluding hydrogens is 492 g/mol. The van der Waals surface area contributed by atoms with Gasteiger partial charge in [-0.1, -0.05) is 84.9 Å². The molecule has 2 atom stereocenters. The van der Waals surface area contributed by atoms with Crippen molar-refractivity contribution in [1.29, 1.82) is 0 Å². The molecule has 0 amide bonds. The molecule has 0 aromatic heterocycles. The Balaban J connectivity index is 1.16. The van der Waals surface area contributed by atoms with Crippen molar-refractivity contribution in [3.8, 4) is 22.3 Å². The zero-order valence-electron chi connectivity index (χ0n) is 21.9. The van der Waals surface area contributed by atoms with E-state index >= 15 is 0 Å². The Morgan fingerprint density at radius 2 is 0.897 bits per heavy atom. The molecule has 198 valence electrons. The van der Waals surface area contributed by atoms with Gasteiger partial charge in [-0.3, -0.25) is 0 Å². The lowest BCUT2D eigenvalue weighted by atomic mass is 10.0. The molecule has 0 bridgehead atoms. The van der Waals surface area contributed by atoms with Gasteiger partial charge >= 0.3 is 11.9 Å². The predicted molar refractivity (Wildman–Crippen MR) is 148 cm³/mol. The molecule has 0 spiro atoms. The van der Waals surface area contributed by atoms with Gasteiger partial charge in [-0.05, 0) is 60.4 Å². The fourth-order valence-electron chi connectivity index (χ4n) is 4.53. The van der Waals surface area contributed by atoms with Crippen LogP contribution in [0.3, 0.4) is 0 Å². The molecule has 0 unspecified atom stereocenters. The molecule has 1 aliphatic rings. The lowest BCUT2D eigenvalue weighted by molar-refractivity contribution is -0.151. The van der Waals surface area contributed by atoms with Crippen LogP contribution in [-0.2, 0) is 18.9 Å². The molecule has 1 fully saturated rings. The first-order valence-corrected chi connectivity index (χ1v) is 12.9. The summed E-state index contributed by atoms with van der Waals surface area (Å²) in [5, 5.41) is 0. The summed E-state index contributed by atoms with van der Waals surface area (Å²) in [7, 11) is 0. The third-order valence-corrected chi connectivity index (χ3v) is 6.50. The Morgan fingerprint density at radius 3 is 1.26 bits per heavy atom. The van der Waals surface area contributed by atoms with Crippen LogP contribution in [-0.4, -0.2) is 43.1 Å². The maximum absolute atomic E-state index is 12.7. The van der Waals surface area contributed by atoms with E-state index in [2.05, 4.69) is 0 Å². The minimum absolute atomic E-state index is 0.0311. The molecule has 1 aliphatic heterocycles. The van der Waals surface area contributed by atoms with Crippen LogP contribution in [0.15, 0.2) is 109 Å². The van der Waals surface area contributed by atoms with Gasteiger partial charge in [0.2, 0.25) is 0 Å². The van der Waals surface area contributed by atoms with E-state index in [0.29, 0.717) is 11.1 Å². The second-order valence-electron chi connectivity index (χ2n) is 9.80. The highest BCUT2D eigenvalue weighted by Crippen LogP contribution is 2.29. The van der Waals surface area contributed by atoms with E-state index < -0.39 is 29.9 Å². The smallest absolute Gasteiger partial charge is 0.338 e. The fourth-order valence-corrected chi connectivity index (χ4v) is 4.53. The van der Waals surface area contributed by atoms with Gasteiger partial charge in [-0.2, -0.15) is 0 Å². The summed E-state index contributed by atoms with van der Waals surface area (Å²) in [6, 6.07) is 34.4. The van der Waals surface area contributed by atoms with E-state index in [1.165, 1.54) is 0 Å². The Bertz CT molecular complexity index is 1290. The van der Waals surface area contributed by atoms with E-state index in [1.807, 2.05) is 84.9 Å². The van der Waals surface area contributed by atoms with Gasteiger partial charge in [0.15, 0.2) is 5.79 Å². The molecule has 4 aromatic rings. The molecule has 6 nitrogen and oxygen atoms in total. The van der Waals surface area contributed by atoms with Crippen LogP contribution >= 0.6 is 0 Å². The van der Waals surface area contributed by atoms with E-state index in [-0.39, 0.29) is 13.2 Å². The average Bonchev–Trinajstić information content (AvgIpc) is 3.28. The summed E-state index contributed by atoms with van der Waals surface area (Å²) in [4.78, 5) is 25.4. The molecule has 5 rings (SSSR count). The molecule has 4 aromatic carbocycles.